The molecule has 0 spiro atoms. The van der Waals surface area contributed by atoms with E-state index in [4.69, 9.17) is 4.74 Å². The Morgan fingerprint density at radius 3 is 2.29 bits per heavy atom. The van der Waals surface area contributed by atoms with Gasteiger partial charge in [0.25, 0.3) is 0 Å². The molecule has 0 saturated heterocycles. The van der Waals surface area contributed by atoms with Crippen molar-refractivity contribution < 1.29 is 23.1 Å². The number of hydrogen-bond acceptors (Lipinski definition) is 4. The molecule has 1 aromatic carbocycles. The zero-order chi connectivity index (χ0) is 15.9. The monoisotopic (exact) mass is 314 g/mol. The number of ether oxygens (including phenoxy) is 1. The van der Waals surface area contributed by atoms with Gasteiger partial charge in [-0.1, -0.05) is 32.6 Å². The highest BCUT2D eigenvalue weighted by Crippen LogP contribution is 2.23. The molecule has 0 bridgehead atoms. The van der Waals surface area contributed by atoms with Crippen LogP contribution in [0.1, 0.15) is 39.0 Å². The summed E-state index contributed by atoms with van der Waals surface area (Å²) in [5, 5.41) is 7.84. The van der Waals surface area contributed by atoms with E-state index >= 15 is 0 Å². The number of benzene rings is 1. The van der Waals surface area contributed by atoms with Gasteiger partial charge in [0.15, 0.2) is 15.1 Å². The molecule has 1 rings (SSSR count). The Hall–Kier alpha value is -1.56. The number of sulfone groups is 1. The third kappa shape index (κ3) is 4.74. The largest absolute Gasteiger partial charge is 0.497 e. The van der Waals surface area contributed by atoms with Gasteiger partial charge in [-0.2, -0.15) is 0 Å². The SMILES string of the molecule is CCCCCC[C@H](C(=O)O)S(=O)(=O)c1ccc(OC)cc1. The summed E-state index contributed by atoms with van der Waals surface area (Å²) in [5.41, 5.74) is 0. The molecule has 0 fully saturated rings. The number of carboxylic acid groups (broad SMARTS) is 1. The molecule has 21 heavy (non-hydrogen) atoms. The molecule has 0 heterocycles. The van der Waals surface area contributed by atoms with Gasteiger partial charge in [0.05, 0.1) is 12.0 Å². The van der Waals surface area contributed by atoms with E-state index in [1.54, 1.807) is 0 Å². The Balaban J connectivity index is 2.90. The average molecular weight is 314 g/mol. The molecule has 1 atom stereocenters. The van der Waals surface area contributed by atoms with Gasteiger partial charge in [-0.25, -0.2) is 8.42 Å². The van der Waals surface area contributed by atoms with Gasteiger partial charge >= 0.3 is 5.97 Å². The van der Waals surface area contributed by atoms with E-state index in [1.165, 1.54) is 31.4 Å². The molecule has 0 unspecified atom stereocenters. The fourth-order valence-electron chi connectivity index (χ4n) is 2.10. The molecular formula is C15H22O5S. The van der Waals surface area contributed by atoms with E-state index in [0.29, 0.717) is 12.2 Å². The number of carboxylic acids is 1. The third-order valence-corrected chi connectivity index (χ3v) is 5.47. The molecular weight excluding hydrogens is 292 g/mol. The van der Waals surface area contributed by atoms with Crippen molar-refractivity contribution in [1.82, 2.24) is 0 Å². The zero-order valence-corrected chi connectivity index (χ0v) is 13.2. The normalized spacial score (nSPS) is 12.9. The lowest BCUT2D eigenvalue weighted by molar-refractivity contribution is -0.136. The summed E-state index contributed by atoms with van der Waals surface area (Å²) in [4.78, 5) is 11.3. The van der Waals surface area contributed by atoms with Crippen LogP contribution in [0.3, 0.4) is 0 Å². The Morgan fingerprint density at radius 2 is 1.81 bits per heavy atom. The molecule has 1 aromatic rings. The van der Waals surface area contributed by atoms with Crippen molar-refractivity contribution in [3.63, 3.8) is 0 Å². The standard InChI is InChI=1S/C15H22O5S/c1-3-4-5-6-7-14(15(16)17)21(18,19)13-10-8-12(20-2)9-11-13/h8-11,14H,3-7H2,1-2H3,(H,16,17)/t14-/m1/s1. The predicted molar refractivity (Wildman–Crippen MR) is 80.4 cm³/mol. The molecule has 0 saturated carbocycles. The summed E-state index contributed by atoms with van der Waals surface area (Å²) in [6.07, 6.45) is 3.58. The minimum Gasteiger partial charge on any atom is -0.497 e. The predicted octanol–water partition coefficient (Wildman–Crippen LogP) is 2.89. The molecule has 6 heteroatoms. The number of carbonyl (C=O) groups is 1. The van der Waals surface area contributed by atoms with Crippen LogP contribution < -0.4 is 4.74 Å². The van der Waals surface area contributed by atoms with Crippen LogP contribution in [0, 0.1) is 0 Å². The number of hydrogen-bond donors (Lipinski definition) is 1. The molecule has 0 amide bonds. The summed E-state index contributed by atoms with van der Waals surface area (Å²) in [6, 6.07) is 5.80. The van der Waals surface area contributed by atoms with Crippen LogP contribution in [0.4, 0.5) is 0 Å². The summed E-state index contributed by atoms with van der Waals surface area (Å²) < 4.78 is 29.8. The van der Waals surface area contributed by atoms with Gasteiger partial charge in [-0.15, -0.1) is 0 Å². The fraction of sp³-hybridized carbons (Fsp3) is 0.533. The van der Waals surface area contributed by atoms with Crippen LogP contribution in [0.15, 0.2) is 29.2 Å². The van der Waals surface area contributed by atoms with Gasteiger partial charge in [0, 0.05) is 0 Å². The minimum atomic E-state index is -3.87. The van der Waals surface area contributed by atoms with E-state index < -0.39 is 21.1 Å². The van der Waals surface area contributed by atoms with E-state index in [1.807, 2.05) is 6.92 Å². The van der Waals surface area contributed by atoms with E-state index in [-0.39, 0.29) is 11.3 Å². The first-order chi connectivity index (χ1) is 9.93. The molecule has 0 radical (unpaired) electrons. The lowest BCUT2D eigenvalue weighted by Gasteiger charge is -2.14. The van der Waals surface area contributed by atoms with Crippen LogP contribution in [0.25, 0.3) is 0 Å². The second kappa shape index (κ2) is 8.02. The number of rotatable bonds is 9. The molecule has 118 valence electrons. The lowest BCUT2D eigenvalue weighted by atomic mass is 10.1. The average Bonchev–Trinajstić information content (AvgIpc) is 2.46. The highest BCUT2D eigenvalue weighted by Gasteiger charge is 2.33. The van der Waals surface area contributed by atoms with Crippen LogP contribution in [0.5, 0.6) is 5.75 Å². The maximum absolute atomic E-state index is 12.4. The summed E-state index contributed by atoms with van der Waals surface area (Å²) in [7, 11) is -2.38. The first kappa shape index (κ1) is 17.5. The van der Waals surface area contributed by atoms with Gasteiger partial charge in [0.2, 0.25) is 0 Å². The van der Waals surface area contributed by atoms with Crippen molar-refractivity contribution in [2.24, 2.45) is 0 Å². The zero-order valence-electron chi connectivity index (χ0n) is 12.4. The Kier molecular flexibility index (Phi) is 6.68. The molecule has 1 N–H and O–H groups in total. The van der Waals surface area contributed by atoms with Gasteiger partial charge in [-0.3, -0.25) is 4.79 Å². The quantitative estimate of drug-likeness (QED) is 0.709. The third-order valence-electron chi connectivity index (χ3n) is 3.36. The molecule has 0 aromatic heterocycles. The first-order valence-electron chi connectivity index (χ1n) is 7.04. The van der Waals surface area contributed by atoms with Gasteiger partial charge in [-0.05, 0) is 30.7 Å². The van der Waals surface area contributed by atoms with Gasteiger partial charge < -0.3 is 9.84 Å². The minimum absolute atomic E-state index is 0.0196. The van der Waals surface area contributed by atoms with Gasteiger partial charge in [0.1, 0.15) is 5.75 Å². The Morgan fingerprint density at radius 1 is 1.19 bits per heavy atom. The lowest BCUT2D eigenvalue weighted by Crippen LogP contribution is -2.30. The van der Waals surface area contributed by atoms with Crippen molar-refractivity contribution in [1.29, 1.82) is 0 Å². The molecule has 0 aliphatic rings. The fourth-order valence-corrected chi connectivity index (χ4v) is 3.68. The molecule has 0 aliphatic carbocycles. The summed E-state index contributed by atoms with van der Waals surface area (Å²) >= 11 is 0. The summed E-state index contributed by atoms with van der Waals surface area (Å²) in [5.74, 6) is -0.758. The smallest absolute Gasteiger partial charge is 0.322 e. The van der Waals surface area contributed by atoms with Crippen molar-refractivity contribution in [2.75, 3.05) is 7.11 Å². The molecule has 5 nitrogen and oxygen atoms in total. The number of aliphatic carboxylic acids is 1. The highest BCUT2D eigenvalue weighted by molar-refractivity contribution is 7.92. The Labute approximate surface area is 125 Å². The van der Waals surface area contributed by atoms with Crippen LogP contribution in [0.2, 0.25) is 0 Å². The molecule has 0 aliphatic heterocycles. The topological polar surface area (TPSA) is 80.7 Å². The van der Waals surface area contributed by atoms with Crippen molar-refractivity contribution >= 4 is 15.8 Å². The van der Waals surface area contributed by atoms with Crippen molar-refractivity contribution in [2.45, 2.75) is 49.2 Å². The number of methoxy groups -OCH3 is 1. The van der Waals surface area contributed by atoms with Crippen LogP contribution in [-0.4, -0.2) is 31.9 Å². The highest BCUT2D eigenvalue weighted by atomic mass is 32.2. The van der Waals surface area contributed by atoms with E-state index in [2.05, 4.69) is 0 Å². The van der Waals surface area contributed by atoms with Crippen LogP contribution >= 0.6 is 0 Å². The van der Waals surface area contributed by atoms with Crippen molar-refractivity contribution in [3.05, 3.63) is 24.3 Å². The second-order valence-corrected chi connectivity index (χ2v) is 7.03. The number of unbranched alkanes of at least 4 members (excludes halogenated alkanes) is 3. The summed E-state index contributed by atoms with van der Waals surface area (Å²) in [6.45, 7) is 2.04. The maximum Gasteiger partial charge on any atom is 0.322 e. The van der Waals surface area contributed by atoms with Crippen LogP contribution in [-0.2, 0) is 14.6 Å². The second-order valence-electron chi connectivity index (χ2n) is 4.90. The first-order valence-corrected chi connectivity index (χ1v) is 8.58. The van der Waals surface area contributed by atoms with Crippen molar-refractivity contribution in [3.8, 4) is 5.75 Å². The van der Waals surface area contributed by atoms with E-state index in [0.717, 1.165) is 19.3 Å². The maximum atomic E-state index is 12.4. The van der Waals surface area contributed by atoms with E-state index in [9.17, 15) is 18.3 Å². The Bertz CT molecular complexity index is 548.